The second-order valence-electron chi connectivity index (χ2n) is 0. The van der Waals surface area contributed by atoms with E-state index in [-0.39, 0.29) is 24.7 Å². The van der Waals surface area contributed by atoms with Crippen molar-refractivity contribution in [2.45, 2.75) is 0 Å². The number of hydrogen-bond acceptors (Lipinski definition) is 2. The summed E-state index contributed by atoms with van der Waals surface area (Å²) in [6.07, 6.45) is 0. The van der Waals surface area contributed by atoms with E-state index in [0.29, 0.717) is 22.3 Å². The molecule has 0 saturated carbocycles. The van der Waals surface area contributed by atoms with Crippen molar-refractivity contribution >= 4 is 47.0 Å². The minimum atomic E-state index is 0.194. The molecule has 0 bridgehead atoms. The van der Waals surface area contributed by atoms with Crippen LogP contribution in [0.3, 0.4) is 0 Å². The minimum absolute atomic E-state index is 0.194. The first-order valence-corrected chi connectivity index (χ1v) is 2.72. The summed E-state index contributed by atoms with van der Waals surface area (Å²) in [6, 6.07) is 0. The Hall–Kier alpha value is 1.27. The molecule has 0 atom stereocenters. The van der Waals surface area contributed by atoms with Crippen LogP contribution in [0.1, 0.15) is 0 Å². The molecule has 0 heterocycles. The summed E-state index contributed by atoms with van der Waals surface area (Å²) in [6.45, 7) is 0. The second-order valence-corrected chi connectivity index (χ2v) is 0. The fraction of sp³-hybridized carbons (Fsp3) is 0. The quantitative estimate of drug-likeness (QED) is 0.514. The Kier molecular flexibility index (Phi) is 63.5. The Balaban J connectivity index is 0. The summed E-state index contributed by atoms with van der Waals surface area (Å²) in [5.41, 5.74) is 0. The molecule has 1 radical (unpaired) electrons. The van der Waals surface area contributed by atoms with Crippen molar-refractivity contribution < 1.29 is 5.92 Å². The molecule has 0 saturated heterocycles. The summed E-state index contributed by atoms with van der Waals surface area (Å²) in [4.78, 5) is 0. The Morgan fingerprint density at radius 2 is 1.25 bits per heavy atom. The maximum absolute atomic E-state index is 8.36. The fourth-order valence-corrected chi connectivity index (χ4v) is 0. The Morgan fingerprint density at radius 1 is 1.25 bits per heavy atom. The van der Waals surface area contributed by atoms with Gasteiger partial charge in [-0.25, -0.2) is 0 Å². The Labute approximate surface area is 52.5 Å². The molecule has 4 heavy (non-hydrogen) atoms. The summed E-state index contributed by atoms with van der Waals surface area (Å²) >= 11 is 0.894. The van der Waals surface area contributed by atoms with E-state index in [1.807, 2.05) is 0 Å². The van der Waals surface area contributed by atoms with Crippen LogP contribution in [0.15, 0.2) is 0 Å². The molecule has 2 nitrogen and oxygen atoms in total. The van der Waals surface area contributed by atoms with Crippen molar-refractivity contribution in [3.8, 4) is 0 Å². The topological polar surface area (TPSA) is 34.1 Å². The van der Waals surface area contributed by atoms with Crippen molar-refractivity contribution in [1.29, 1.82) is 0 Å². The van der Waals surface area contributed by atoms with E-state index in [0.717, 1.165) is 0 Å². The van der Waals surface area contributed by atoms with Crippen molar-refractivity contribution in [2.75, 3.05) is 0 Å². The molecule has 0 aromatic rings. The molecule has 0 amide bonds. The first-order chi connectivity index (χ1) is 2.00. The zero-order valence-corrected chi connectivity index (χ0v) is 7.48. The molecule has 0 aromatic heterocycles. The van der Waals surface area contributed by atoms with Gasteiger partial charge in [0.15, 0.2) is 0 Å². The molecule has 0 aliphatic heterocycles. The molecule has 23 valence electrons. The second kappa shape index (κ2) is 28.3. The average Bonchev–Trinajstić information content (AvgIpc) is 1.50. The van der Waals surface area contributed by atoms with E-state index in [2.05, 4.69) is 0 Å². The van der Waals surface area contributed by atoms with E-state index >= 15 is 0 Å². The predicted octanol–water partition coefficient (Wildman–Crippen LogP) is -0.999. The van der Waals surface area contributed by atoms with Gasteiger partial charge in [-0.15, -0.1) is 0 Å². The van der Waals surface area contributed by atoms with Crippen molar-refractivity contribution in [2.24, 2.45) is 0 Å². The van der Waals surface area contributed by atoms with Gasteiger partial charge in [-0.1, -0.05) is 0 Å². The molecule has 0 spiro atoms. The molecule has 0 N–H and O–H groups in total. The molecular weight excluding hydrogens is 369 g/mol. The zero-order valence-electron chi connectivity index (χ0n) is 1.67. The van der Waals surface area contributed by atoms with Crippen LogP contribution < -0.4 is 0 Å². The molecule has 0 unspecified atom stereocenters. The van der Waals surface area contributed by atoms with E-state index in [4.69, 9.17) is 5.92 Å². The van der Waals surface area contributed by atoms with Crippen LogP contribution in [-0.2, 0) is 5.92 Å². The van der Waals surface area contributed by atoms with Crippen LogP contribution >= 0.6 is 0 Å². The zero-order chi connectivity index (χ0) is 4.00. The third kappa shape index (κ3) is 10.4. The van der Waals surface area contributed by atoms with Gasteiger partial charge < -0.3 is 0 Å². The van der Waals surface area contributed by atoms with Crippen LogP contribution in [-0.4, -0.2) is 47.0 Å². The summed E-state index contributed by atoms with van der Waals surface area (Å²) in [5.74, 6) is 0. The molecule has 0 rings (SSSR count). The van der Waals surface area contributed by atoms with Crippen molar-refractivity contribution in [3.63, 3.8) is 0 Å². The third-order valence-corrected chi connectivity index (χ3v) is 0. The first-order valence-electron chi connectivity index (χ1n) is 0.349. The summed E-state index contributed by atoms with van der Waals surface area (Å²) in [7, 11) is 0. The standard InChI is InChI=1S/Bi.OTe.O/c;1-2;. The van der Waals surface area contributed by atoms with Gasteiger partial charge in [0.2, 0.25) is 0 Å². The van der Waals surface area contributed by atoms with E-state index in [1.165, 1.54) is 0 Å². The monoisotopic (exact) mass is 371 g/mol. The van der Waals surface area contributed by atoms with Crippen LogP contribution in [0.4, 0.5) is 0 Å². The Bertz CT molecular complexity index is 8.00. The summed E-state index contributed by atoms with van der Waals surface area (Å²) in [5, 5.41) is 0. The first kappa shape index (κ1) is 8.99. The Morgan fingerprint density at radius 3 is 1.25 bits per heavy atom. The molecule has 0 fully saturated rings. The van der Waals surface area contributed by atoms with Gasteiger partial charge in [0.25, 0.3) is 0 Å². The van der Waals surface area contributed by atoms with Gasteiger partial charge in [0, 0.05) is 0 Å². The SMILES string of the molecule is O=[Te].[O]=[Bi]. The molecule has 0 aliphatic carbocycles. The van der Waals surface area contributed by atoms with Crippen molar-refractivity contribution in [3.05, 3.63) is 0 Å². The molecular formula is BiO2Te. The fourth-order valence-electron chi connectivity index (χ4n) is 0. The molecule has 0 aliphatic rings. The molecule has 0 aromatic carbocycles. The van der Waals surface area contributed by atoms with Crippen LogP contribution in [0, 0.1) is 0 Å². The van der Waals surface area contributed by atoms with Crippen LogP contribution in [0.5, 0.6) is 0 Å². The average molecular weight is 369 g/mol. The van der Waals surface area contributed by atoms with Gasteiger partial charge in [-0.3, -0.25) is 0 Å². The van der Waals surface area contributed by atoms with Crippen LogP contribution in [0.25, 0.3) is 0 Å². The van der Waals surface area contributed by atoms with Gasteiger partial charge in [0.1, 0.15) is 0 Å². The predicted molar refractivity (Wildman–Crippen MR) is 12.9 cm³/mol. The normalized spacial score (nSPS) is 2.00. The van der Waals surface area contributed by atoms with E-state index in [1.54, 1.807) is 0 Å². The van der Waals surface area contributed by atoms with Gasteiger partial charge >= 0.3 is 52.9 Å². The van der Waals surface area contributed by atoms with Gasteiger partial charge in [0.05, 0.1) is 0 Å². The number of hydrogen-bond donors (Lipinski definition) is 0. The van der Waals surface area contributed by atoms with Gasteiger partial charge in [-0.05, 0) is 0 Å². The maximum atomic E-state index is 8.36. The molecule has 4 heteroatoms. The third-order valence-electron chi connectivity index (χ3n) is 0. The summed E-state index contributed by atoms with van der Waals surface area (Å²) < 4.78 is 16.6. The van der Waals surface area contributed by atoms with E-state index < -0.39 is 0 Å². The van der Waals surface area contributed by atoms with E-state index in [9.17, 15) is 0 Å². The van der Waals surface area contributed by atoms with Gasteiger partial charge in [-0.2, -0.15) is 0 Å². The van der Waals surface area contributed by atoms with Crippen LogP contribution in [0.2, 0.25) is 0 Å². The van der Waals surface area contributed by atoms with Crippen molar-refractivity contribution in [1.82, 2.24) is 0 Å². The number of rotatable bonds is 0.